The van der Waals surface area contributed by atoms with Crippen molar-refractivity contribution >= 4 is 17.5 Å². The van der Waals surface area contributed by atoms with Crippen LogP contribution in [0, 0.1) is 5.82 Å². The number of carbonyl (C=O) groups is 1. The van der Waals surface area contributed by atoms with Gasteiger partial charge >= 0.3 is 0 Å². The van der Waals surface area contributed by atoms with Crippen LogP contribution in [0.15, 0.2) is 18.2 Å². The lowest BCUT2D eigenvalue weighted by atomic mass is 10.2. The van der Waals surface area contributed by atoms with Crippen LogP contribution in [0.5, 0.6) is 0 Å². The first-order chi connectivity index (χ1) is 7.10. The zero-order valence-electron chi connectivity index (χ0n) is 8.76. The predicted octanol–water partition coefficient (Wildman–Crippen LogP) is 2.96. The van der Waals surface area contributed by atoms with Gasteiger partial charge in [-0.15, -0.1) is 0 Å². The van der Waals surface area contributed by atoms with Gasteiger partial charge in [0.1, 0.15) is 5.82 Å². The van der Waals surface area contributed by atoms with Gasteiger partial charge in [0.25, 0.3) is 5.91 Å². The van der Waals surface area contributed by atoms with Gasteiger partial charge in [-0.25, -0.2) is 4.39 Å². The van der Waals surface area contributed by atoms with E-state index in [4.69, 9.17) is 11.6 Å². The molecule has 0 atom stereocenters. The second-order valence-electron chi connectivity index (χ2n) is 3.10. The van der Waals surface area contributed by atoms with Crippen molar-refractivity contribution in [2.24, 2.45) is 0 Å². The van der Waals surface area contributed by atoms with Crippen molar-refractivity contribution in [3.8, 4) is 0 Å². The van der Waals surface area contributed by atoms with E-state index in [0.717, 1.165) is 0 Å². The van der Waals surface area contributed by atoms with Crippen LogP contribution >= 0.6 is 11.6 Å². The van der Waals surface area contributed by atoms with Crippen LogP contribution in [0.1, 0.15) is 24.2 Å². The van der Waals surface area contributed by atoms with Crippen LogP contribution < -0.4 is 0 Å². The summed E-state index contributed by atoms with van der Waals surface area (Å²) in [6, 6.07) is 3.99. The molecular weight excluding hydrogens is 217 g/mol. The van der Waals surface area contributed by atoms with E-state index in [9.17, 15) is 9.18 Å². The molecule has 1 rings (SSSR count). The molecule has 0 spiro atoms. The minimum Gasteiger partial charge on any atom is -0.339 e. The Morgan fingerprint density at radius 2 is 2.00 bits per heavy atom. The normalized spacial score (nSPS) is 10.1. The number of rotatable bonds is 3. The van der Waals surface area contributed by atoms with Crippen LogP contribution in [0.4, 0.5) is 4.39 Å². The molecule has 1 aromatic rings. The van der Waals surface area contributed by atoms with Crippen molar-refractivity contribution in [2.75, 3.05) is 13.1 Å². The topological polar surface area (TPSA) is 20.3 Å². The Kier molecular flexibility index (Phi) is 4.09. The average molecular weight is 230 g/mol. The summed E-state index contributed by atoms with van der Waals surface area (Å²) < 4.78 is 13.3. The lowest BCUT2D eigenvalue weighted by Gasteiger charge is -2.18. The van der Waals surface area contributed by atoms with Crippen molar-refractivity contribution in [3.63, 3.8) is 0 Å². The zero-order chi connectivity index (χ0) is 11.4. The molecule has 0 radical (unpaired) electrons. The molecule has 0 aliphatic heterocycles. The highest BCUT2D eigenvalue weighted by Gasteiger charge is 2.16. The summed E-state index contributed by atoms with van der Waals surface area (Å²) in [5.74, 6) is -0.851. The van der Waals surface area contributed by atoms with Gasteiger partial charge in [-0.1, -0.05) is 11.6 Å². The van der Waals surface area contributed by atoms with E-state index in [1.165, 1.54) is 18.2 Å². The fourth-order valence-corrected chi connectivity index (χ4v) is 1.51. The highest BCUT2D eigenvalue weighted by atomic mass is 35.5. The van der Waals surface area contributed by atoms with Gasteiger partial charge in [0.2, 0.25) is 0 Å². The quantitative estimate of drug-likeness (QED) is 0.781. The molecule has 0 unspecified atom stereocenters. The molecule has 0 aromatic heterocycles. The van der Waals surface area contributed by atoms with Gasteiger partial charge in [-0.2, -0.15) is 0 Å². The van der Waals surface area contributed by atoms with Gasteiger partial charge in [-0.3, -0.25) is 4.79 Å². The molecule has 0 saturated heterocycles. The van der Waals surface area contributed by atoms with Gasteiger partial charge in [-0.05, 0) is 32.0 Å². The van der Waals surface area contributed by atoms with Crippen LogP contribution in [0.3, 0.4) is 0 Å². The number of halogens is 2. The monoisotopic (exact) mass is 229 g/mol. The second kappa shape index (κ2) is 5.12. The Morgan fingerprint density at radius 3 is 2.53 bits per heavy atom. The molecule has 2 nitrogen and oxygen atoms in total. The highest BCUT2D eigenvalue weighted by molar-refractivity contribution is 6.30. The minimum atomic E-state index is -0.531. The van der Waals surface area contributed by atoms with E-state index in [1.807, 2.05) is 13.8 Å². The van der Waals surface area contributed by atoms with Crippen molar-refractivity contribution < 1.29 is 9.18 Å². The molecule has 1 amide bonds. The standard InChI is InChI=1S/C11H13ClFNO/c1-3-14(4-2)11(15)9-7-8(12)5-6-10(9)13/h5-7H,3-4H2,1-2H3. The molecule has 0 bridgehead atoms. The Morgan fingerprint density at radius 1 is 1.40 bits per heavy atom. The molecule has 4 heteroatoms. The first-order valence-corrected chi connectivity index (χ1v) is 5.22. The number of hydrogen-bond donors (Lipinski definition) is 0. The number of carbonyl (C=O) groups excluding carboxylic acids is 1. The summed E-state index contributed by atoms with van der Waals surface area (Å²) in [4.78, 5) is 13.4. The summed E-state index contributed by atoms with van der Waals surface area (Å²) in [6.07, 6.45) is 0. The molecule has 1 aromatic carbocycles. The van der Waals surface area contributed by atoms with Crippen LogP contribution in [-0.2, 0) is 0 Å². The maximum absolute atomic E-state index is 13.3. The fourth-order valence-electron chi connectivity index (χ4n) is 1.34. The third-order valence-electron chi connectivity index (χ3n) is 2.21. The SMILES string of the molecule is CCN(CC)C(=O)c1cc(Cl)ccc1F. The van der Waals surface area contributed by atoms with Crippen molar-refractivity contribution in [2.45, 2.75) is 13.8 Å². The third kappa shape index (κ3) is 2.69. The fraction of sp³-hybridized carbons (Fsp3) is 0.364. The summed E-state index contributed by atoms with van der Waals surface area (Å²) in [5, 5.41) is 0.368. The Hall–Kier alpha value is -1.09. The summed E-state index contributed by atoms with van der Waals surface area (Å²) >= 11 is 5.71. The lowest BCUT2D eigenvalue weighted by Crippen LogP contribution is -2.31. The van der Waals surface area contributed by atoms with E-state index in [-0.39, 0.29) is 11.5 Å². The summed E-state index contributed by atoms with van der Waals surface area (Å²) in [7, 11) is 0. The molecule has 0 aliphatic rings. The van der Waals surface area contributed by atoms with Crippen molar-refractivity contribution in [1.82, 2.24) is 4.90 Å². The molecule has 0 N–H and O–H groups in total. The van der Waals surface area contributed by atoms with Crippen LogP contribution in [0.25, 0.3) is 0 Å². The molecule has 15 heavy (non-hydrogen) atoms. The maximum atomic E-state index is 13.3. The van der Waals surface area contributed by atoms with Gasteiger partial charge in [0.05, 0.1) is 5.56 Å². The molecule has 0 heterocycles. The van der Waals surface area contributed by atoms with E-state index < -0.39 is 5.82 Å². The third-order valence-corrected chi connectivity index (χ3v) is 2.44. The zero-order valence-corrected chi connectivity index (χ0v) is 9.51. The second-order valence-corrected chi connectivity index (χ2v) is 3.54. The molecular formula is C11H13ClFNO. The number of benzene rings is 1. The average Bonchev–Trinajstić information content (AvgIpc) is 2.23. The van der Waals surface area contributed by atoms with Gasteiger partial charge < -0.3 is 4.90 Å². The largest absolute Gasteiger partial charge is 0.339 e. The number of hydrogen-bond acceptors (Lipinski definition) is 1. The van der Waals surface area contributed by atoms with Crippen LogP contribution in [0.2, 0.25) is 5.02 Å². The van der Waals surface area contributed by atoms with E-state index in [0.29, 0.717) is 18.1 Å². The van der Waals surface area contributed by atoms with E-state index in [1.54, 1.807) is 4.90 Å². The Bertz CT molecular complexity index is 364. The smallest absolute Gasteiger partial charge is 0.256 e. The molecule has 82 valence electrons. The predicted molar refractivity (Wildman–Crippen MR) is 58.7 cm³/mol. The summed E-state index contributed by atoms with van der Waals surface area (Å²) in [5.41, 5.74) is 0.0335. The summed E-state index contributed by atoms with van der Waals surface area (Å²) in [6.45, 7) is 4.82. The highest BCUT2D eigenvalue weighted by Crippen LogP contribution is 2.16. The number of nitrogens with zero attached hydrogens (tertiary/aromatic N) is 1. The number of amides is 1. The minimum absolute atomic E-state index is 0.0335. The van der Waals surface area contributed by atoms with Crippen molar-refractivity contribution in [1.29, 1.82) is 0 Å². The first-order valence-electron chi connectivity index (χ1n) is 4.84. The van der Waals surface area contributed by atoms with Crippen molar-refractivity contribution in [3.05, 3.63) is 34.6 Å². The van der Waals surface area contributed by atoms with Gasteiger partial charge in [0, 0.05) is 18.1 Å². The Labute approximate surface area is 93.6 Å². The molecule has 0 fully saturated rings. The Balaban J connectivity index is 3.04. The molecule has 0 saturated carbocycles. The first kappa shape index (κ1) is 12.0. The maximum Gasteiger partial charge on any atom is 0.256 e. The molecule has 0 aliphatic carbocycles. The van der Waals surface area contributed by atoms with E-state index in [2.05, 4.69) is 0 Å². The lowest BCUT2D eigenvalue weighted by molar-refractivity contribution is 0.0768. The van der Waals surface area contributed by atoms with Gasteiger partial charge in [0.15, 0.2) is 0 Å². The van der Waals surface area contributed by atoms with Crippen LogP contribution in [-0.4, -0.2) is 23.9 Å². The van der Waals surface area contributed by atoms with E-state index >= 15 is 0 Å².